The number of nitrogens with two attached hydrogens (primary N) is 1. The van der Waals surface area contributed by atoms with E-state index in [0.29, 0.717) is 36.4 Å². The number of primary amides is 1. The van der Waals surface area contributed by atoms with E-state index in [1.807, 2.05) is 0 Å². The predicted molar refractivity (Wildman–Crippen MR) is 81.2 cm³/mol. The van der Waals surface area contributed by atoms with Crippen LogP contribution in [0.15, 0.2) is 18.2 Å². The summed E-state index contributed by atoms with van der Waals surface area (Å²) < 4.78 is 0. The minimum absolute atomic E-state index is 0.0310. The molecule has 0 radical (unpaired) electrons. The highest BCUT2D eigenvalue weighted by Crippen LogP contribution is 2.19. The molecule has 0 heterocycles. The van der Waals surface area contributed by atoms with Gasteiger partial charge in [-0.15, -0.1) is 0 Å². The molecule has 1 aromatic carbocycles. The maximum Gasteiger partial charge on any atom is 0.217 e. The van der Waals surface area contributed by atoms with Crippen molar-refractivity contribution in [3.63, 3.8) is 0 Å². The van der Waals surface area contributed by atoms with Gasteiger partial charge in [0.2, 0.25) is 11.8 Å². The lowest BCUT2D eigenvalue weighted by atomic mass is 9.97. The number of benzene rings is 1. The molecule has 0 unspecified atom stereocenters. The third-order valence-corrected chi connectivity index (χ3v) is 3.20. The number of rotatable bonds is 8. The van der Waals surface area contributed by atoms with E-state index in [4.69, 9.17) is 17.3 Å². The molecule has 0 saturated carbocycles. The molecule has 3 N–H and O–H groups in total. The summed E-state index contributed by atoms with van der Waals surface area (Å²) in [7, 11) is 0. The number of hydrogen-bond acceptors (Lipinski definition) is 3. The maximum absolute atomic E-state index is 12.2. The monoisotopic (exact) mass is 310 g/mol. The normalized spacial score (nSPS) is 10.2. The van der Waals surface area contributed by atoms with Crippen LogP contribution >= 0.6 is 11.6 Å². The van der Waals surface area contributed by atoms with Crippen molar-refractivity contribution >= 4 is 29.2 Å². The van der Waals surface area contributed by atoms with E-state index in [2.05, 4.69) is 5.32 Å². The fraction of sp³-hybridized carbons (Fsp3) is 0.400. The van der Waals surface area contributed by atoms with Crippen molar-refractivity contribution in [3.8, 4) is 0 Å². The molecule has 0 atom stereocenters. The quantitative estimate of drug-likeness (QED) is 0.567. The molecule has 0 bridgehead atoms. The largest absolute Gasteiger partial charge is 0.370 e. The van der Waals surface area contributed by atoms with E-state index >= 15 is 0 Å². The topological polar surface area (TPSA) is 89.3 Å². The second-order valence-corrected chi connectivity index (χ2v) is 5.21. The fourth-order valence-corrected chi connectivity index (χ4v) is 2.14. The van der Waals surface area contributed by atoms with Crippen molar-refractivity contribution in [1.29, 1.82) is 0 Å². The Morgan fingerprint density at radius 1 is 1.24 bits per heavy atom. The standard InChI is InChI=1S/C15H19ClN2O3/c1-10(19)18-8-2-3-14(20)13-6-5-12(16)9-11(13)4-7-15(17)21/h5-6,9H,2-4,7-8H2,1H3,(H2,17,21)(H,18,19). The van der Waals surface area contributed by atoms with Gasteiger partial charge in [0, 0.05) is 36.9 Å². The summed E-state index contributed by atoms with van der Waals surface area (Å²) in [5, 5.41) is 3.16. The van der Waals surface area contributed by atoms with Crippen LogP contribution in [0.3, 0.4) is 0 Å². The highest BCUT2D eigenvalue weighted by Gasteiger charge is 2.12. The average molecular weight is 311 g/mol. The Labute approximate surface area is 128 Å². The molecule has 5 nitrogen and oxygen atoms in total. The lowest BCUT2D eigenvalue weighted by molar-refractivity contribution is -0.119. The number of halogens is 1. The van der Waals surface area contributed by atoms with Crippen LogP contribution < -0.4 is 11.1 Å². The number of hydrogen-bond donors (Lipinski definition) is 2. The third kappa shape index (κ3) is 6.40. The Kier molecular flexibility index (Phi) is 6.88. The molecule has 114 valence electrons. The zero-order chi connectivity index (χ0) is 15.8. The molecule has 0 spiro atoms. The van der Waals surface area contributed by atoms with E-state index in [1.54, 1.807) is 18.2 Å². The lowest BCUT2D eigenvalue weighted by Gasteiger charge is -2.09. The lowest BCUT2D eigenvalue weighted by Crippen LogP contribution is -2.21. The van der Waals surface area contributed by atoms with E-state index in [0.717, 1.165) is 5.56 Å². The number of nitrogens with one attached hydrogen (secondary N) is 1. The third-order valence-electron chi connectivity index (χ3n) is 2.96. The van der Waals surface area contributed by atoms with Gasteiger partial charge in [0.25, 0.3) is 0 Å². The minimum Gasteiger partial charge on any atom is -0.370 e. The minimum atomic E-state index is -0.418. The molecule has 0 fully saturated rings. The first-order valence-corrected chi connectivity index (χ1v) is 7.12. The van der Waals surface area contributed by atoms with Crippen molar-refractivity contribution < 1.29 is 14.4 Å². The molecule has 0 saturated heterocycles. The SMILES string of the molecule is CC(=O)NCCCC(=O)c1ccc(Cl)cc1CCC(N)=O. The van der Waals surface area contributed by atoms with Crippen molar-refractivity contribution in [2.45, 2.75) is 32.6 Å². The van der Waals surface area contributed by atoms with Crippen molar-refractivity contribution in [1.82, 2.24) is 5.32 Å². The molecule has 1 aromatic rings. The van der Waals surface area contributed by atoms with Gasteiger partial charge in [-0.2, -0.15) is 0 Å². The number of amides is 2. The van der Waals surface area contributed by atoms with Gasteiger partial charge in [0.15, 0.2) is 5.78 Å². The number of aryl methyl sites for hydroxylation is 1. The molecular formula is C15H19ClN2O3. The highest BCUT2D eigenvalue weighted by molar-refractivity contribution is 6.30. The van der Waals surface area contributed by atoms with Crippen molar-refractivity contribution in [2.75, 3.05) is 6.54 Å². The summed E-state index contributed by atoms with van der Waals surface area (Å²) in [6.07, 6.45) is 1.46. The molecule has 0 aliphatic carbocycles. The highest BCUT2D eigenvalue weighted by atomic mass is 35.5. The van der Waals surface area contributed by atoms with Crippen LogP contribution in [0.25, 0.3) is 0 Å². The predicted octanol–water partition coefficient (Wildman–Crippen LogP) is 1.86. The van der Waals surface area contributed by atoms with Gasteiger partial charge in [0.05, 0.1) is 0 Å². The van der Waals surface area contributed by atoms with Crippen LogP contribution in [0, 0.1) is 0 Å². The molecule has 0 aromatic heterocycles. The van der Waals surface area contributed by atoms with Gasteiger partial charge in [-0.1, -0.05) is 11.6 Å². The van der Waals surface area contributed by atoms with Crippen LogP contribution in [0.1, 0.15) is 42.1 Å². The summed E-state index contributed by atoms with van der Waals surface area (Å²) >= 11 is 5.92. The number of Topliss-reactive ketones (excluding diaryl/α,β-unsaturated/α-hetero) is 1. The van der Waals surface area contributed by atoms with Crippen LogP contribution in [-0.4, -0.2) is 24.1 Å². The van der Waals surface area contributed by atoms with Gasteiger partial charge < -0.3 is 11.1 Å². The van der Waals surface area contributed by atoms with Crippen molar-refractivity contribution in [2.24, 2.45) is 5.73 Å². The van der Waals surface area contributed by atoms with Crippen molar-refractivity contribution in [3.05, 3.63) is 34.3 Å². The summed E-state index contributed by atoms with van der Waals surface area (Å²) in [6, 6.07) is 5.00. The van der Waals surface area contributed by atoms with E-state index in [9.17, 15) is 14.4 Å². The maximum atomic E-state index is 12.2. The number of carbonyl (C=O) groups is 3. The smallest absolute Gasteiger partial charge is 0.217 e. The van der Waals surface area contributed by atoms with Gasteiger partial charge in [-0.25, -0.2) is 0 Å². The zero-order valence-electron chi connectivity index (χ0n) is 11.9. The molecule has 1 rings (SSSR count). The Morgan fingerprint density at radius 3 is 2.57 bits per heavy atom. The molecule has 0 aliphatic rings. The van der Waals surface area contributed by atoms with Gasteiger partial charge in [-0.3, -0.25) is 14.4 Å². The van der Waals surface area contributed by atoms with E-state index in [-0.39, 0.29) is 18.1 Å². The molecule has 2 amide bonds. The van der Waals surface area contributed by atoms with Crippen LogP contribution in [0.2, 0.25) is 5.02 Å². The first-order chi connectivity index (χ1) is 9.90. The van der Waals surface area contributed by atoms with Crippen LogP contribution in [-0.2, 0) is 16.0 Å². The summed E-state index contributed by atoms with van der Waals surface area (Å²) in [4.78, 5) is 33.8. The van der Waals surface area contributed by atoms with Crippen LogP contribution in [0.4, 0.5) is 0 Å². The van der Waals surface area contributed by atoms with Crippen LogP contribution in [0.5, 0.6) is 0 Å². The number of carbonyl (C=O) groups excluding carboxylic acids is 3. The Hall–Kier alpha value is -1.88. The summed E-state index contributed by atoms with van der Waals surface area (Å²) in [5.74, 6) is -0.563. The Morgan fingerprint density at radius 2 is 1.95 bits per heavy atom. The second kappa shape index (κ2) is 8.42. The first kappa shape index (κ1) is 17.2. The van der Waals surface area contributed by atoms with Gasteiger partial charge >= 0.3 is 0 Å². The summed E-state index contributed by atoms with van der Waals surface area (Å²) in [5.41, 5.74) is 6.42. The molecule has 21 heavy (non-hydrogen) atoms. The molecule has 6 heteroatoms. The zero-order valence-corrected chi connectivity index (χ0v) is 12.7. The fourth-order valence-electron chi connectivity index (χ4n) is 1.95. The van der Waals surface area contributed by atoms with E-state index in [1.165, 1.54) is 6.92 Å². The van der Waals surface area contributed by atoms with E-state index < -0.39 is 5.91 Å². The number of ketones is 1. The Balaban J connectivity index is 2.69. The second-order valence-electron chi connectivity index (χ2n) is 4.78. The van der Waals surface area contributed by atoms with Gasteiger partial charge in [-0.05, 0) is 36.6 Å². The molecule has 0 aliphatic heterocycles. The Bertz CT molecular complexity index is 544. The average Bonchev–Trinajstić information content (AvgIpc) is 2.41. The molecular weight excluding hydrogens is 292 g/mol. The van der Waals surface area contributed by atoms with Gasteiger partial charge in [0.1, 0.15) is 0 Å². The summed E-state index contributed by atoms with van der Waals surface area (Å²) in [6.45, 7) is 1.90. The first-order valence-electron chi connectivity index (χ1n) is 6.74.